The first-order valence-corrected chi connectivity index (χ1v) is 14.7. The Kier molecular flexibility index (Phi) is 11.3. The Morgan fingerprint density at radius 1 is 0.966 bits per heavy atom. The summed E-state index contributed by atoms with van der Waals surface area (Å²) in [7, 11) is -1.67. The highest BCUT2D eigenvalue weighted by atomic mass is 28.3. The summed E-state index contributed by atoms with van der Waals surface area (Å²) < 4.78 is 44.0. The Morgan fingerprint density at radius 2 is 1.48 bits per heavy atom. The maximum atomic E-state index is 12.8. The molecule has 0 N–H and O–H groups in total. The van der Waals surface area contributed by atoms with Crippen LogP contribution in [0, 0.1) is 0 Å². The minimum atomic E-state index is -4.76. The van der Waals surface area contributed by atoms with Crippen molar-refractivity contribution in [2.75, 3.05) is 0 Å². The zero-order valence-corrected chi connectivity index (χ0v) is 19.7. The maximum absolute atomic E-state index is 12.8. The van der Waals surface area contributed by atoms with E-state index in [1.165, 1.54) is 44.9 Å². The van der Waals surface area contributed by atoms with Gasteiger partial charge in [0.1, 0.15) is 8.07 Å². The smallest absolute Gasteiger partial charge is 0.449 e. The lowest BCUT2D eigenvalue weighted by atomic mass is 9.90. The predicted octanol–water partition coefficient (Wildman–Crippen LogP) is 7.74. The van der Waals surface area contributed by atoms with Crippen LogP contribution in [-0.4, -0.2) is 20.0 Å². The van der Waals surface area contributed by atoms with Gasteiger partial charge in [-0.25, -0.2) is 0 Å². The second kappa shape index (κ2) is 12.6. The Bertz CT molecular complexity index is 588. The van der Waals surface area contributed by atoms with Gasteiger partial charge in [0, 0.05) is 6.42 Å². The lowest BCUT2D eigenvalue weighted by Gasteiger charge is -2.16. The number of carbonyl (C=O) groups is 1. The summed E-state index contributed by atoms with van der Waals surface area (Å²) in [6.07, 6.45) is 8.77. The monoisotopic (exact) mass is 432 g/mol. The minimum Gasteiger partial charge on any atom is -0.474 e. The molecule has 6 heteroatoms. The molecule has 0 aliphatic heterocycles. The third-order valence-electron chi connectivity index (χ3n) is 5.48. The summed E-state index contributed by atoms with van der Waals surface area (Å²) >= 11 is 0. The third-order valence-corrected chi connectivity index (χ3v) is 7.23. The molecule has 1 aromatic heterocycles. The fraction of sp³-hybridized carbons (Fsp3) is 0.783. The van der Waals surface area contributed by atoms with E-state index in [4.69, 9.17) is 4.42 Å². The molecule has 0 fully saturated rings. The molecule has 29 heavy (non-hydrogen) atoms. The summed E-state index contributed by atoms with van der Waals surface area (Å²) in [5, 5.41) is 0.875. The molecule has 0 aliphatic carbocycles. The summed E-state index contributed by atoms with van der Waals surface area (Å²) in [5.74, 6) is -2.04. The molecular formula is C23H39F3O2Si. The Labute approximate surface area is 175 Å². The summed E-state index contributed by atoms with van der Waals surface area (Å²) in [6.45, 7) is 8.61. The van der Waals surface area contributed by atoms with Crippen LogP contribution in [0.2, 0.25) is 19.6 Å². The fourth-order valence-corrected chi connectivity index (χ4v) is 4.57. The molecule has 1 heterocycles. The van der Waals surface area contributed by atoms with Crippen LogP contribution >= 0.6 is 0 Å². The summed E-state index contributed by atoms with van der Waals surface area (Å²) in [5.41, 5.74) is 0.746. The molecule has 0 saturated heterocycles. The van der Waals surface area contributed by atoms with Crippen LogP contribution in [0.4, 0.5) is 13.2 Å². The van der Waals surface area contributed by atoms with Crippen LogP contribution in [0.3, 0.4) is 0 Å². The molecule has 1 rings (SSSR count). The van der Waals surface area contributed by atoms with Crippen molar-refractivity contribution in [3.63, 3.8) is 0 Å². The molecule has 0 radical (unpaired) electrons. The van der Waals surface area contributed by atoms with Crippen LogP contribution in [-0.2, 0) is 4.79 Å². The van der Waals surface area contributed by atoms with Crippen LogP contribution in [0.25, 0.3) is 0 Å². The van der Waals surface area contributed by atoms with Gasteiger partial charge < -0.3 is 4.42 Å². The molecule has 1 unspecified atom stereocenters. The molecule has 1 atom stereocenters. The molecular weight excluding hydrogens is 393 g/mol. The average Bonchev–Trinajstić information content (AvgIpc) is 3.11. The van der Waals surface area contributed by atoms with Gasteiger partial charge in [0.2, 0.25) is 5.78 Å². The number of furan rings is 1. The van der Waals surface area contributed by atoms with Gasteiger partial charge in [-0.1, -0.05) is 90.8 Å². The number of unbranched alkanes of at least 4 members (excludes halogenated alkanes) is 9. The lowest BCUT2D eigenvalue weighted by Crippen LogP contribution is -2.36. The van der Waals surface area contributed by atoms with Crippen molar-refractivity contribution in [3.8, 4) is 0 Å². The number of rotatable bonds is 15. The molecule has 0 aromatic carbocycles. The maximum Gasteiger partial charge on any atom is 0.449 e. The van der Waals surface area contributed by atoms with Gasteiger partial charge in [-0.15, -0.1) is 0 Å². The van der Waals surface area contributed by atoms with Crippen LogP contribution < -0.4 is 5.38 Å². The second-order valence-electron chi connectivity index (χ2n) is 9.29. The second-order valence-corrected chi connectivity index (χ2v) is 14.3. The standard InChI is InChI=1S/C23H39F3O2Si/c1-5-6-7-8-9-10-11-12-13-14-15-19(16-21(27)23(24,25)26)20-17-22(28-18-20)29(2,3)4/h17-19H,5-16H2,1-4H3. The van der Waals surface area contributed by atoms with Crippen molar-refractivity contribution in [2.45, 2.75) is 116 Å². The minimum absolute atomic E-state index is 0.410. The molecule has 0 amide bonds. The van der Waals surface area contributed by atoms with E-state index in [1.54, 1.807) is 6.26 Å². The molecule has 0 spiro atoms. The van der Waals surface area contributed by atoms with Crippen molar-refractivity contribution < 1.29 is 22.4 Å². The van der Waals surface area contributed by atoms with E-state index in [9.17, 15) is 18.0 Å². The number of ketones is 1. The first-order chi connectivity index (χ1) is 13.6. The van der Waals surface area contributed by atoms with Crippen LogP contribution in [0.5, 0.6) is 0 Å². The average molecular weight is 433 g/mol. The van der Waals surface area contributed by atoms with E-state index in [1.807, 2.05) is 6.07 Å². The first-order valence-electron chi connectivity index (χ1n) is 11.2. The normalized spacial score (nSPS) is 13.6. The number of carbonyl (C=O) groups excluding carboxylic acids is 1. The molecule has 2 nitrogen and oxygen atoms in total. The topological polar surface area (TPSA) is 30.2 Å². The van der Waals surface area contributed by atoms with Crippen LogP contribution in [0.1, 0.15) is 95.5 Å². The van der Waals surface area contributed by atoms with E-state index in [0.29, 0.717) is 6.42 Å². The van der Waals surface area contributed by atoms with Gasteiger partial charge in [0.05, 0.1) is 11.6 Å². The number of halogens is 3. The van der Waals surface area contributed by atoms with Gasteiger partial charge in [-0.05, 0) is 24.0 Å². The zero-order chi connectivity index (χ0) is 21.9. The van der Waals surface area contributed by atoms with Crippen molar-refractivity contribution in [3.05, 3.63) is 17.9 Å². The highest BCUT2D eigenvalue weighted by Crippen LogP contribution is 2.31. The van der Waals surface area contributed by atoms with Gasteiger partial charge >= 0.3 is 6.18 Å². The number of hydrogen-bond donors (Lipinski definition) is 0. The Balaban J connectivity index is 2.49. The number of alkyl halides is 3. The van der Waals surface area contributed by atoms with Crippen molar-refractivity contribution >= 4 is 19.2 Å². The highest BCUT2D eigenvalue weighted by Gasteiger charge is 2.39. The Morgan fingerprint density at radius 3 is 1.93 bits per heavy atom. The van der Waals surface area contributed by atoms with Gasteiger partial charge in [-0.2, -0.15) is 13.2 Å². The molecule has 1 aromatic rings. The van der Waals surface area contributed by atoms with Crippen LogP contribution in [0.15, 0.2) is 16.7 Å². The van der Waals surface area contributed by atoms with Crippen molar-refractivity contribution in [1.29, 1.82) is 0 Å². The van der Waals surface area contributed by atoms with Gasteiger partial charge in [-0.3, -0.25) is 4.79 Å². The van der Waals surface area contributed by atoms with Crippen molar-refractivity contribution in [1.82, 2.24) is 0 Å². The molecule has 0 bridgehead atoms. The Hall–Kier alpha value is -1.04. The SMILES string of the molecule is CCCCCCCCCCCCC(CC(=O)C(F)(F)F)c1coc([Si](C)(C)C)c1. The molecule has 168 valence electrons. The quantitative estimate of drug-likeness (QED) is 0.209. The molecule has 0 aliphatic rings. The number of Topliss-reactive ketones (excluding diaryl/α,β-unsaturated/α-hetero) is 1. The van der Waals surface area contributed by atoms with Crippen molar-refractivity contribution in [2.24, 2.45) is 0 Å². The molecule has 0 saturated carbocycles. The predicted molar refractivity (Wildman–Crippen MR) is 117 cm³/mol. The van der Waals surface area contributed by atoms with Gasteiger partial charge in [0.25, 0.3) is 0 Å². The van der Waals surface area contributed by atoms with E-state index >= 15 is 0 Å². The fourth-order valence-electron chi connectivity index (χ4n) is 3.56. The first kappa shape index (κ1) is 26.0. The van der Waals surface area contributed by atoms with E-state index < -0.39 is 32.4 Å². The van der Waals surface area contributed by atoms with E-state index in [2.05, 4.69) is 26.6 Å². The zero-order valence-electron chi connectivity index (χ0n) is 18.7. The van der Waals surface area contributed by atoms with E-state index in [0.717, 1.165) is 30.2 Å². The largest absolute Gasteiger partial charge is 0.474 e. The van der Waals surface area contributed by atoms with E-state index in [-0.39, 0.29) is 0 Å². The van der Waals surface area contributed by atoms with Gasteiger partial charge in [0.15, 0.2) is 0 Å². The summed E-state index contributed by atoms with van der Waals surface area (Å²) in [4.78, 5) is 11.6. The highest BCUT2D eigenvalue weighted by molar-refractivity contribution is 6.87. The summed E-state index contributed by atoms with van der Waals surface area (Å²) in [6, 6.07) is 1.89. The third kappa shape index (κ3) is 10.5. The number of hydrogen-bond acceptors (Lipinski definition) is 2. The lowest BCUT2D eigenvalue weighted by molar-refractivity contribution is -0.171.